The number of carbonyl (C=O) groups excluding carboxylic acids is 1. The van der Waals surface area contributed by atoms with Gasteiger partial charge in [0, 0.05) is 26.7 Å². The summed E-state index contributed by atoms with van der Waals surface area (Å²) in [5.41, 5.74) is -1.17. The van der Waals surface area contributed by atoms with E-state index in [9.17, 15) is 23.1 Å². The van der Waals surface area contributed by atoms with Crippen molar-refractivity contribution in [3.63, 3.8) is 0 Å². The number of amides is 1. The average Bonchev–Trinajstić information content (AvgIpc) is 2.66. The van der Waals surface area contributed by atoms with Gasteiger partial charge in [0.25, 0.3) is 5.91 Å². The van der Waals surface area contributed by atoms with Gasteiger partial charge in [0.05, 0.1) is 7.11 Å². The molecule has 8 nitrogen and oxygen atoms in total. The number of rotatable bonds is 6. The largest absolute Gasteiger partial charge is 0.495 e. The van der Waals surface area contributed by atoms with Crippen LogP contribution in [-0.4, -0.2) is 68.4 Å². The SMILES string of the molecule is COc1ccc(C(=O)N(C)C2(C(=O)O)CCCCC2)cc1S(=O)(=O)N(C)C. The van der Waals surface area contributed by atoms with Gasteiger partial charge in [-0.05, 0) is 31.0 Å². The third kappa shape index (κ3) is 3.79. The first-order valence-electron chi connectivity index (χ1n) is 8.70. The Morgan fingerprint density at radius 1 is 1.11 bits per heavy atom. The first kappa shape index (κ1) is 21.2. The summed E-state index contributed by atoms with van der Waals surface area (Å²) in [6, 6.07) is 4.10. The summed E-state index contributed by atoms with van der Waals surface area (Å²) in [4.78, 5) is 26.1. The smallest absolute Gasteiger partial charge is 0.329 e. The van der Waals surface area contributed by atoms with Gasteiger partial charge in [-0.2, -0.15) is 0 Å². The Labute approximate surface area is 159 Å². The van der Waals surface area contributed by atoms with Gasteiger partial charge in [0.15, 0.2) is 0 Å². The second-order valence-corrected chi connectivity index (χ2v) is 9.03. The number of methoxy groups -OCH3 is 1. The maximum atomic E-state index is 13.0. The monoisotopic (exact) mass is 398 g/mol. The number of likely N-dealkylation sites (N-methyl/N-ethyl adjacent to an activating group) is 1. The summed E-state index contributed by atoms with van der Waals surface area (Å²) in [6.45, 7) is 0. The Balaban J connectivity index is 2.48. The number of sulfonamides is 1. The van der Waals surface area contributed by atoms with Crippen molar-refractivity contribution >= 4 is 21.9 Å². The molecule has 0 heterocycles. The van der Waals surface area contributed by atoms with Crippen molar-refractivity contribution in [3.05, 3.63) is 23.8 Å². The third-order valence-corrected chi connectivity index (χ3v) is 7.03. The van der Waals surface area contributed by atoms with Crippen molar-refractivity contribution in [2.45, 2.75) is 42.5 Å². The van der Waals surface area contributed by atoms with Crippen LogP contribution >= 0.6 is 0 Å². The Kier molecular flexibility index (Phi) is 6.16. The van der Waals surface area contributed by atoms with Gasteiger partial charge in [-0.25, -0.2) is 17.5 Å². The minimum absolute atomic E-state index is 0.102. The normalized spacial score (nSPS) is 16.8. The highest BCUT2D eigenvalue weighted by atomic mass is 32.2. The Morgan fingerprint density at radius 2 is 1.70 bits per heavy atom. The topological polar surface area (TPSA) is 104 Å². The van der Waals surface area contributed by atoms with Crippen LogP contribution in [0.4, 0.5) is 0 Å². The van der Waals surface area contributed by atoms with E-state index in [1.165, 1.54) is 51.4 Å². The molecule has 1 saturated carbocycles. The number of carboxylic acids is 1. The van der Waals surface area contributed by atoms with E-state index < -0.39 is 27.4 Å². The molecule has 150 valence electrons. The zero-order valence-corrected chi connectivity index (χ0v) is 16.9. The number of hydrogen-bond acceptors (Lipinski definition) is 5. The molecule has 0 atom stereocenters. The number of nitrogens with zero attached hydrogens (tertiary/aromatic N) is 2. The van der Waals surface area contributed by atoms with Crippen molar-refractivity contribution in [3.8, 4) is 5.75 Å². The number of hydrogen-bond donors (Lipinski definition) is 1. The maximum absolute atomic E-state index is 13.0. The van der Waals surface area contributed by atoms with E-state index in [0.29, 0.717) is 12.8 Å². The molecular weight excluding hydrogens is 372 g/mol. The molecule has 0 unspecified atom stereocenters. The molecule has 1 aliphatic carbocycles. The number of benzene rings is 1. The fourth-order valence-corrected chi connectivity index (χ4v) is 4.50. The van der Waals surface area contributed by atoms with Crippen LogP contribution < -0.4 is 4.74 Å². The van der Waals surface area contributed by atoms with Gasteiger partial charge in [0.1, 0.15) is 16.2 Å². The average molecular weight is 398 g/mol. The predicted octanol–water partition coefficient (Wildman–Crippen LogP) is 1.80. The lowest BCUT2D eigenvalue weighted by molar-refractivity contribution is -0.151. The van der Waals surface area contributed by atoms with Crippen LogP contribution in [0.25, 0.3) is 0 Å². The van der Waals surface area contributed by atoms with E-state index in [0.717, 1.165) is 23.6 Å². The van der Waals surface area contributed by atoms with Crippen molar-refractivity contribution in [1.29, 1.82) is 0 Å². The van der Waals surface area contributed by atoms with Crippen LogP contribution in [0.1, 0.15) is 42.5 Å². The third-order valence-electron chi connectivity index (χ3n) is 5.19. The summed E-state index contributed by atoms with van der Waals surface area (Å²) >= 11 is 0. The summed E-state index contributed by atoms with van der Waals surface area (Å²) < 4.78 is 31.3. The number of ether oxygens (including phenoxy) is 1. The van der Waals surface area contributed by atoms with Crippen molar-refractivity contribution in [1.82, 2.24) is 9.21 Å². The van der Waals surface area contributed by atoms with Crippen LogP contribution in [-0.2, 0) is 14.8 Å². The lowest BCUT2D eigenvalue weighted by Crippen LogP contribution is -2.56. The molecule has 1 amide bonds. The summed E-state index contributed by atoms with van der Waals surface area (Å²) in [6.07, 6.45) is 3.15. The van der Waals surface area contributed by atoms with Crippen LogP contribution in [0.5, 0.6) is 5.75 Å². The predicted molar refractivity (Wildman–Crippen MR) is 99.4 cm³/mol. The van der Waals surface area contributed by atoms with Gasteiger partial charge in [-0.1, -0.05) is 19.3 Å². The molecule has 27 heavy (non-hydrogen) atoms. The van der Waals surface area contributed by atoms with Crippen molar-refractivity contribution < 1.29 is 27.9 Å². The highest BCUT2D eigenvalue weighted by Crippen LogP contribution is 2.35. The molecule has 2 rings (SSSR count). The van der Waals surface area contributed by atoms with E-state index >= 15 is 0 Å². The quantitative estimate of drug-likeness (QED) is 0.784. The van der Waals surface area contributed by atoms with E-state index in [2.05, 4.69) is 0 Å². The van der Waals surface area contributed by atoms with Crippen LogP contribution in [0.3, 0.4) is 0 Å². The molecule has 0 radical (unpaired) electrons. The molecule has 0 saturated heterocycles. The zero-order chi connectivity index (χ0) is 20.4. The van der Waals surface area contributed by atoms with E-state index in [-0.39, 0.29) is 16.2 Å². The summed E-state index contributed by atoms with van der Waals surface area (Å²) in [5, 5.41) is 9.78. The van der Waals surface area contributed by atoms with E-state index in [1.54, 1.807) is 0 Å². The van der Waals surface area contributed by atoms with Gasteiger partial charge in [0.2, 0.25) is 10.0 Å². The van der Waals surface area contributed by atoms with Crippen LogP contribution in [0.15, 0.2) is 23.1 Å². The van der Waals surface area contributed by atoms with Gasteiger partial charge < -0.3 is 14.7 Å². The molecular formula is C18H26N2O6S. The van der Waals surface area contributed by atoms with Crippen LogP contribution in [0, 0.1) is 0 Å². The number of carboxylic acid groups (broad SMARTS) is 1. The molecule has 0 aliphatic heterocycles. The van der Waals surface area contributed by atoms with Gasteiger partial charge in [-0.3, -0.25) is 4.79 Å². The second kappa shape index (κ2) is 7.85. The van der Waals surface area contributed by atoms with Crippen LogP contribution in [0.2, 0.25) is 0 Å². The van der Waals surface area contributed by atoms with E-state index in [4.69, 9.17) is 4.74 Å². The molecule has 0 aromatic heterocycles. The first-order valence-corrected chi connectivity index (χ1v) is 10.1. The lowest BCUT2D eigenvalue weighted by Gasteiger charge is -2.41. The zero-order valence-electron chi connectivity index (χ0n) is 16.1. The van der Waals surface area contributed by atoms with E-state index in [1.807, 2.05) is 0 Å². The minimum atomic E-state index is -3.84. The number of carbonyl (C=O) groups is 2. The molecule has 1 aromatic carbocycles. The lowest BCUT2D eigenvalue weighted by atomic mass is 9.80. The van der Waals surface area contributed by atoms with Crippen molar-refractivity contribution in [2.75, 3.05) is 28.3 Å². The second-order valence-electron chi connectivity index (χ2n) is 6.91. The standard InChI is InChI=1S/C18H26N2O6S/c1-19(2)27(24,25)15-12-13(8-9-14(15)26-4)16(21)20(3)18(17(22)23)10-6-5-7-11-18/h8-9,12H,5-7,10-11H2,1-4H3,(H,22,23). The maximum Gasteiger partial charge on any atom is 0.329 e. The Bertz CT molecular complexity index is 828. The highest BCUT2D eigenvalue weighted by Gasteiger charge is 2.45. The molecule has 0 spiro atoms. The fourth-order valence-electron chi connectivity index (χ4n) is 3.43. The summed E-state index contributed by atoms with van der Waals surface area (Å²) in [7, 11) is 1.75. The minimum Gasteiger partial charge on any atom is -0.495 e. The molecule has 1 N–H and O–H groups in total. The number of aliphatic carboxylic acids is 1. The fraction of sp³-hybridized carbons (Fsp3) is 0.556. The van der Waals surface area contributed by atoms with Gasteiger partial charge in [-0.15, -0.1) is 0 Å². The van der Waals surface area contributed by atoms with Crippen molar-refractivity contribution in [2.24, 2.45) is 0 Å². The molecule has 1 fully saturated rings. The molecule has 1 aliphatic rings. The molecule has 9 heteroatoms. The highest BCUT2D eigenvalue weighted by molar-refractivity contribution is 7.89. The summed E-state index contributed by atoms with van der Waals surface area (Å²) in [5.74, 6) is -1.45. The Morgan fingerprint density at radius 3 is 2.19 bits per heavy atom. The first-order chi connectivity index (χ1) is 12.6. The molecule has 1 aromatic rings. The Hall–Kier alpha value is -2.13. The molecule has 0 bridgehead atoms. The van der Waals surface area contributed by atoms with Gasteiger partial charge >= 0.3 is 5.97 Å².